The summed E-state index contributed by atoms with van der Waals surface area (Å²) in [4.78, 5) is 8.48. The van der Waals surface area contributed by atoms with Gasteiger partial charge in [0.25, 0.3) is 5.78 Å². The van der Waals surface area contributed by atoms with Gasteiger partial charge in [0, 0.05) is 25.4 Å². The maximum absolute atomic E-state index is 5.39. The lowest BCUT2D eigenvalue weighted by atomic mass is 10.1. The van der Waals surface area contributed by atoms with Crippen LogP contribution in [0.25, 0.3) is 16.9 Å². The van der Waals surface area contributed by atoms with Gasteiger partial charge in [0.2, 0.25) is 0 Å². The molecule has 0 unspecified atom stereocenters. The minimum atomic E-state index is 0.527. The molecule has 1 N–H and O–H groups in total. The highest BCUT2D eigenvalue weighted by molar-refractivity contribution is 5.77. The SMILES string of the molecule is COCCNc1c(-c2ccc(OC)c(OC)c2)cnc2ncnn12. The summed E-state index contributed by atoms with van der Waals surface area (Å²) >= 11 is 0. The molecule has 3 aromatic rings. The Morgan fingerprint density at radius 3 is 2.67 bits per heavy atom. The van der Waals surface area contributed by atoms with Crippen LogP contribution in [0, 0.1) is 0 Å². The smallest absolute Gasteiger partial charge is 0.254 e. The number of nitrogens with zero attached hydrogens (tertiary/aromatic N) is 4. The van der Waals surface area contributed by atoms with E-state index in [2.05, 4.69) is 20.4 Å². The molecule has 8 heteroatoms. The van der Waals surface area contributed by atoms with E-state index in [4.69, 9.17) is 14.2 Å². The molecule has 0 aliphatic heterocycles. The summed E-state index contributed by atoms with van der Waals surface area (Å²) in [6.07, 6.45) is 3.24. The molecular weight excluding hydrogens is 310 g/mol. The van der Waals surface area contributed by atoms with Crippen molar-refractivity contribution in [1.82, 2.24) is 19.6 Å². The van der Waals surface area contributed by atoms with Crippen LogP contribution in [0.15, 0.2) is 30.7 Å². The molecule has 24 heavy (non-hydrogen) atoms. The molecule has 1 aromatic carbocycles. The highest BCUT2D eigenvalue weighted by Gasteiger charge is 2.14. The summed E-state index contributed by atoms with van der Waals surface area (Å²) in [7, 11) is 4.88. The van der Waals surface area contributed by atoms with E-state index < -0.39 is 0 Å². The first-order valence-electron chi connectivity index (χ1n) is 7.42. The normalized spacial score (nSPS) is 10.8. The maximum atomic E-state index is 5.39. The first-order valence-corrected chi connectivity index (χ1v) is 7.42. The molecule has 0 fully saturated rings. The van der Waals surface area contributed by atoms with E-state index in [9.17, 15) is 0 Å². The predicted octanol–water partition coefficient (Wildman–Crippen LogP) is 1.87. The third kappa shape index (κ3) is 2.95. The topological polar surface area (TPSA) is 82.8 Å². The number of fused-ring (bicyclic) bond motifs is 1. The Hall–Kier alpha value is -2.87. The van der Waals surface area contributed by atoms with Crippen LogP contribution >= 0.6 is 0 Å². The molecule has 0 spiro atoms. The van der Waals surface area contributed by atoms with Gasteiger partial charge in [-0.2, -0.15) is 14.6 Å². The van der Waals surface area contributed by atoms with Gasteiger partial charge in [0.15, 0.2) is 11.5 Å². The number of nitrogens with one attached hydrogen (secondary N) is 1. The molecule has 8 nitrogen and oxygen atoms in total. The Morgan fingerprint density at radius 2 is 1.92 bits per heavy atom. The van der Waals surface area contributed by atoms with Crippen LogP contribution in [0.5, 0.6) is 11.5 Å². The Bertz CT molecular complexity index is 834. The lowest BCUT2D eigenvalue weighted by molar-refractivity contribution is 0.210. The van der Waals surface area contributed by atoms with Gasteiger partial charge in [-0.25, -0.2) is 4.98 Å². The van der Waals surface area contributed by atoms with Crippen molar-refractivity contribution in [3.63, 3.8) is 0 Å². The van der Waals surface area contributed by atoms with E-state index in [1.165, 1.54) is 6.33 Å². The van der Waals surface area contributed by atoms with Crippen LogP contribution in [0.1, 0.15) is 0 Å². The van der Waals surface area contributed by atoms with Gasteiger partial charge >= 0.3 is 0 Å². The van der Waals surface area contributed by atoms with Crippen molar-refractivity contribution in [3.05, 3.63) is 30.7 Å². The average molecular weight is 329 g/mol. The Balaban J connectivity index is 2.09. The number of rotatable bonds is 7. The number of benzene rings is 1. The van der Waals surface area contributed by atoms with E-state index >= 15 is 0 Å². The second kappa shape index (κ2) is 7.14. The standard InChI is InChI=1S/C16H19N5O3/c1-22-7-6-17-15-12(9-18-16-19-10-20-21(15)16)11-4-5-13(23-2)14(8-11)24-3/h4-5,8-10,17H,6-7H2,1-3H3. The number of hydrogen-bond donors (Lipinski definition) is 1. The molecule has 0 aliphatic rings. The predicted molar refractivity (Wildman–Crippen MR) is 89.7 cm³/mol. The first-order chi connectivity index (χ1) is 11.8. The zero-order valence-electron chi connectivity index (χ0n) is 13.8. The van der Waals surface area contributed by atoms with Crippen LogP contribution in [0.4, 0.5) is 5.82 Å². The molecule has 0 amide bonds. The van der Waals surface area contributed by atoms with E-state index in [0.29, 0.717) is 30.4 Å². The number of ether oxygens (including phenoxy) is 3. The number of hydrogen-bond acceptors (Lipinski definition) is 7. The van der Waals surface area contributed by atoms with Crippen molar-refractivity contribution in [2.45, 2.75) is 0 Å². The van der Waals surface area contributed by atoms with Gasteiger partial charge in [-0.3, -0.25) is 0 Å². The summed E-state index contributed by atoms with van der Waals surface area (Å²) < 4.78 is 17.5. The van der Waals surface area contributed by atoms with Gasteiger partial charge < -0.3 is 19.5 Å². The Labute approximate surface area is 139 Å². The molecule has 2 heterocycles. The zero-order valence-corrected chi connectivity index (χ0v) is 13.8. The molecular formula is C16H19N5O3. The number of methoxy groups -OCH3 is 3. The second-order valence-corrected chi connectivity index (χ2v) is 4.98. The minimum absolute atomic E-state index is 0.527. The Morgan fingerprint density at radius 1 is 1.08 bits per heavy atom. The molecule has 0 aliphatic carbocycles. The van der Waals surface area contributed by atoms with Crippen molar-refractivity contribution >= 4 is 11.6 Å². The third-order valence-corrected chi connectivity index (χ3v) is 3.60. The fourth-order valence-electron chi connectivity index (χ4n) is 2.44. The summed E-state index contributed by atoms with van der Waals surface area (Å²) in [6, 6.07) is 5.71. The van der Waals surface area contributed by atoms with Gasteiger partial charge in [0.05, 0.1) is 20.8 Å². The fourth-order valence-corrected chi connectivity index (χ4v) is 2.44. The van der Waals surface area contributed by atoms with Gasteiger partial charge in [-0.1, -0.05) is 6.07 Å². The second-order valence-electron chi connectivity index (χ2n) is 4.98. The molecule has 0 bridgehead atoms. The van der Waals surface area contributed by atoms with Crippen molar-refractivity contribution in [3.8, 4) is 22.6 Å². The largest absolute Gasteiger partial charge is 0.493 e. The quantitative estimate of drug-likeness (QED) is 0.663. The van der Waals surface area contributed by atoms with E-state index in [0.717, 1.165) is 16.9 Å². The van der Waals surface area contributed by atoms with Crippen molar-refractivity contribution in [2.75, 3.05) is 39.8 Å². The third-order valence-electron chi connectivity index (χ3n) is 3.60. The van der Waals surface area contributed by atoms with Crippen LogP contribution in [-0.4, -0.2) is 54.1 Å². The Kier molecular flexibility index (Phi) is 4.76. The molecule has 0 saturated heterocycles. The van der Waals surface area contributed by atoms with Gasteiger partial charge in [-0.05, 0) is 17.7 Å². The molecule has 126 valence electrons. The van der Waals surface area contributed by atoms with Crippen molar-refractivity contribution in [2.24, 2.45) is 0 Å². The number of aromatic nitrogens is 4. The minimum Gasteiger partial charge on any atom is -0.493 e. The molecule has 0 saturated carbocycles. The highest BCUT2D eigenvalue weighted by atomic mass is 16.5. The molecule has 0 atom stereocenters. The van der Waals surface area contributed by atoms with Crippen LogP contribution < -0.4 is 14.8 Å². The van der Waals surface area contributed by atoms with Gasteiger partial charge in [-0.15, -0.1) is 0 Å². The van der Waals surface area contributed by atoms with E-state index in [1.54, 1.807) is 32.0 Å². The summed E-state index contributed by atoms with van der Waals surface area (Å²) in [5, 5.41) is 7.57. The number of anilines is 1. The summed E-state index contributed by atoms with van der Waals surface area (Å²) in [5.41, 5.74) is 1.81. The van der Waals surface area contributed by atoms with Gasteiger partial charge in [0.1, 0.15) is 12.1 Å². The van der Waals surface area contributed by atoms with Crippen LogP contribution in [0.2, 0.25) is 0 Å². The summed E-state index contributed by atoms with van der Waals surface area (Å²) in [6.45, 7) is 1.21. The fraction of sp³-hybridized carbons (Fsp3) is 0.312. The highest BCUT2D eigenvalue weighted by Crippen LogP contribution is 2.34. The molecule has 0 radical (unpaired) electrons. The van der Waals surface area contributed by atoms with E-state index in [-0.39, 0.29) is 0 Å². The zero-order chi connectivity index (χ0) is 16.9. The summed E-state index contributed by atoms with van der Waals surface area (Å²) in [5.74, 6) is 2.64. The van der Waals surface area contributed by atoms with Crippen LogP contribution in [-0.2, 0) is 4.74 Å². The van der Waals surface area contributed by atoms with E-state index in [1.807, 2.05) is 18.2 Å². The van der Waals surface area contributed by atoms with Crippen LogP contribution in [0.3, 0.4) is 0 Å². The lowest BCUT2D eigenvalue weighted by Crippen LogP contribution is -2.12. The maximum Gasteiger partial charge on any atom is 0.254 e. The van der Waals surface area contributed by atoms with Crippen molar-refractivity contribution in [1.29, 1.82) is 0 Å². The monoisotopic (exact) mass is 329 g/mol. The van der Waals surface area contributed by atoms with Crippen molar-refractivity contribution < 1.29 is 14.2 Å². The molecule has 2 aromatic heterocycles. The first kappa shape index (κ1) is 16.0. The molecule has 3 rings (SSSR count). The lowest BCUT2D eigenvalue weighted by Gasteiger charge is -2.14. The average Bonchev–Trinajstić information content (AvgIpc) is 3.10.